The van der Waals surface area contributed by atoms with Gasteiger partial charge >= 0.3 is 0 Å². The molecule has 232 valence electrons. The summed E-state index contributed by atoms with van der Waals surface area (Å²) in [7, 11) is 0. The van der Waals surface area contributed by atoms with Crippen molar-refractivity contribution in [1.82, 2.24) is 4.40 Å². The summed E-state index contributed by atoms with van der Waals surface area (Å²) < 4.78 is 5.19. The van der Waals surface area contributed by atoms with Crippen LogP contribution in [0.2, 0.25) is 0 Å². The first-order valence-electron chi connectivity index (χ1n) is 17.2. The van der Waals surface area contributed by atoms with Gasteiger partial charge in [-0.25, -0.2) is 0 Å². The zero-order valence-corrected chi connectivity index (χ0v) is 27.9. The van der Waals surface area contributed by atoms with Crippen molar-refractivity contribution >= 4 is 91.1 Å². The van der Waals surface area contributed by atoms with Gasteiger partial charge in [0.15, 0.2) is 0 Å². The van der Waals surface area contributed by atoms with Crippen molar-refractivity contribution in [3.8, 4) is 22.3 Å². The van der Waals surface area contributed by atoms with Crippen molar-refractivity contribution in [2.45, 2.75) is 0 Å². The Labute approximate surface area is 292 Å². The quantitative estimate of drug-likeness (QED) is 0.175. The molecule has 0 saturated carbocycles. The fourth-order valence-corrected chi connectivity index (χ4v) is 9.60. The van der Waals surface area contributed by atoms with Crippen LogP contribution >= 0.6 is 11.3 Å². The fraction of sp³-hybridized carbons (Fsp3) is 0. The van der Waals surface area contributed by atoms with Crippen LogP contribution in [0.3, 0.4) is 0 Å². The second kappa shape index (κ2) is 10.6. The molecule has 0 aliphatic heterocycles. The first kappa shape index (κ1) is 27.7. The predicted molar refractivity (Wildman–Crippen MR) is 218 cm³/mol. The molecule has 0 amide bonds. The number of rotatable bonds is 2. The third-order valence-electron chi connectivity index (χ3n) is 10.6. The molecule has 0 aliphatic rings. The second-order valence-corrected chi connectivity index (χ2v) is 14.3. The van der Waals surface area contributed by atoms with Gasteiger partial charge in [0.1, 0.15) is 0 Å². The highest BCUT2D eigenvalue weighted by molar-refractivity contribution is 7.26. The molecule has 3 aromatic heterocycles. The molecule has 0 radical (unpaired) electrons. The maximum atomic E-state index is 2.51. The highest BCUT2D eigenvalue weighted by Gasteiger charge is 2.16. The third-order valence-corrected chi connectivity index (χ3v) is 11.8. The predicted octanol–water partition coefficient (Wildman–Crippen LogP) is 14.0. The number of hydrogen-bond acceptors (Lipinski definition) is 1. The molecule has 0 aliphatic carbocycles. The number of hydrogen-bond donors (Lipinski definition) is 0. The van der Waals surface area contributed by atoms with Gasteiger partial charge in [-0.3, -0.25) is 0 Å². The zero-order chi connectivity index (χ0) is 32.8. The van der Waals surface area contributed by atoms with Gasteiger partial charge in [-0.05, 0) is 74.1 Å². The fourth-order valence-electron chi connectivity index (χ4n) is 8.36. The number of para-hydroxylation sites is 2. The number of thiophene rings is 1. The van der Waals surface area contributed by atoms with E-state index in [2.05, 4.69) is 180 Å². The van der Waals surface area contributed by atoms with E-state index in [0.29, 0.717) is 0 Å². The third kappa shape index (κ3) is 3.94. The maximum Gasteiger partial charge on any atom is 0.0619 e. The Morgan fingerprint density at radius 1 is 0.320 bits per heavy atom. The van der Waals surface area contributed by atoms with E-state index in [-0.39, 0.29) is 0 Å². The van der Waals surface area contributed by atoms with Crippen molar-refractivity contribution in [2.24, 2.45) is 0 Å². The molecular weight excluding hydrogens is 623 g/mol. The van der Waals surface area contributed by atoms with E-state index in [0.717, 1.165) is 0 Å². The summed E-state index contributed by atoms with van der Waals surface area (Å²) in [4.78, 5) is 0. The van der Waals surface area contributed by atoms with Gasteiger partial charge in [0.05, 0.1) is 16.6 Å². The Kier molecular flexibility index (Phi) is 5.89. The molecule has 3 heterocycles. The Morgan fingerprint density at radius 3 is 1.64 bits per heavy atom. The Balaban J connectivity index is 1.22. The maximum absolute atomic E-state index is 2.51. The molecule has 0 N–H and O–H groups in total. The number of benzene rings is 8. The van der Waals surface area contributed by atoms with Gasteiger partial charge in [-0.2, -0.15) is 0 Å². The molecule has 0 saturated heterocycles. The lowest BCUT2D eigenvalue weighted by Crippen LogP contribution is -1.87. The van der Waals surface area contributed by atoms with Crippen molar-refractivity contribution in [1.29, 1.82) is 0 Å². The average Bonchev–Trinajstić information content (AvgIpc) is 3.74. The number of nitrogens with zero attached hydrogens (tertiary/aromatic N) is 1. The standard InChI is InChI=1S/C48H29NS/c1-3-16-36-34(14-1)35-15-2-4-17-37(35)40-21-11-22-41-43-29-31(26-27-45(43)49(47(40)41)44-24-7-5-18-38(36)44)30-12-9-13-32(28-30)33-20-10-23-42-39-19-6-8-25-46(39)50-48(33)42/h1-29H. The van der Waals surface area contributed by atoms with Crippen LogP contribution in [0.5, 0.6) is 0 Å². The van der Waals surface area contributed by atoms with Gasteiger partial charge in [-0.1, -0.05) is 146 Å². The minimum Gasteiger partial charge on any atom is -0.308 e. The lowest BCUT2D eigenvalue weighted by atomic mass is 9.97. The molecule has 0 spiro atoms. The van der Waals surface area contributed by atoms with E-state index in [1.807, 2.05) is 11.3 Å². The van der Waals surface area contributed by atoms with Crippen LogP contribution in [0.1, 0.15) is 0 Å². The van der Waals surface area contributed by atoms with Crippen molar-refractivity contribution in [2.75, 3.05) is 0 Å². The summed E-state index contributed by atoms with van der Waals surface area (Å²) in [6.45, 7) is 0. The van der Waals surface area contributed by atoms with E-state index in [1.165, 1.54) is 102 Å². The molecule has 1 nitrogen and oxygen atoms in total. The molecule has 11 aromatic rings. The summed E-state index contributed by atoms with van der Waals surface area (Å²) >= 11 is 1.89. The summed E-state index contributed by atoms with van der Waals surface area (Å²) in [5, 5.41) is 12.7. The van der Waals surface area contributed by atoms with Crippen molar-refractivity contribution in [3.05, 3.63) is 176 Å². The van der Waals surface area contributed by atoms with Crippen LogP contribution in [0.4, 0.5) is 0 Å². The van der Waals surface area contributed by atoms with Crippen molar-refractivity contribution in [3.63, 3.8) is 0 Å². The lowest BCUT2D eigenvalue weighted by Gasteiger charge is -2.08. The Bertz CT molecular complexity index is 3210. The molecular formula is C48H29NS. The van der Waals surface area contributed by atoms with E-state index in [4.69, 9.17) is 0 Å². The van der Waals surface area contributed by atoms with Crippen LogP contribution in [0, 0.1) is 0 Å². The topological polar surface area (TPSA) is 4.41 Å². The van der Waals surface area contributed by atoms with Gasteiger partial charge < -0.3 is 4.40 Å². The van der Waals surface area contributed by atoms with Crippen LogP contribution in [0.15, 0.2) is 176 Å². The molecule has 0 atom stereocenters. The molecule has 50 heavy (non-hydrogen) atoms. The van der Waals surface area contributed by atoms with E-state index >= 15 is 0 Å². The van der Waals surface area contributed by atoms with E-state index < -0.39 is 0 Å². The lowest BCUT2D eigenvalue weighted by molar-refractivity contribution is 1.35. The highest BCUT2D eigenvalue weighted by Crippen LogP contribution is 2.42. The normalized spacial score (nSPS) is 12.0. The summed E-state index contributed by atoms with van der Waals surface area (Å²) in [5.74, 6) is 0. The van der Waals surface area contributed by atoms with Crippen LogP contribution in [-0.4, -0.2) is 4.40 Å². The molecule has 0 unspecified atom stereocenters. The zero-order valence-electron chi connectivity index (χ0n) is 27.1. The van der Waals surface area contributed by atoms with Crippen LogP contribution in [0.25, 0.3) is 102 Å². The molecule has 8 aromatic carbocycles. The number of aromatic nitrogens is 1. The summed E-state index contributed by atoms with van der Waals surface area (Å²) in [6.07, 6.45) is 0. The van der Waals surface area contributed by atoms with Crippen LogP contribution in [-0.2, 0) is 0 Å². The van der Waals surface area contributed by atoms with E-state index in [9.17, 15) is 0 Å². The first-order chi connectivity index (χ1) is 24.8. The van der Waals surface area contributed by atoms with Crippen LogP contribution < -0.4 is 0 Å². The minimum absolute atomic E-state index is 1.20. The smallest absolute Gasteiger partial charge is 0.0619 e. The van der Waals surface area contributed by atoms with E-state index in [1.54, 1.807) is 0 Å². The molecule has 0 fully saturated rings. The van der Waals surface area contributed by atoms with Gasteiger partial charge in [-0.15, -0.1) is 11.3 Å². The summed E-state index contributed by atoms with van der Waals surface area (Å²) in [6, 6.07) is 65.1. The Morgan fingerprint density at radius 2 is 0.840 bits per heavy atom. The average molecular weight is 652 g/mol. The highest BCUT2D eigenvalue weighted by atomic mass is 32.1. The SMILES string of the molecule is c1cc(-c2ccc3c(c2)c2cccc4c5ccccc5c5ccccc5c5ccccc5n3c42)cc(-c2cccc3c2sc2ccccc23)c1. The van der Waals surface area contributed by atoms with Gasteiger partial charge in [0.25, 0.3) is 0 Å². The number of fused-ring (bicyclic) bond motifs is 13. The molecule has 11 rings (SSSR count). The molecule has 2 heteroatoms. The monoisotopic (exact) mass is 651 g/mol. The second-order valence-electron chi connectivity index (χ2n) is 13.2. The summed E-state index contributed by atoms with van der Waals surface area (Å²) in [5.41, 5.74) is 8.64. The Hall–Kier alpha value is -6.22. The van der Waals surface area contributed by atoms with Gasteiger partial charge in [0, 0.05) is 41.7 Å². The largest absolute Gasteiger partial charge is 0.308 e. The first-order valence-corrected chi connectivity index (χ1v) is 18.0. The van der Waals surface area contributed by atoms with Gasteiger partial charge in [0.2, 0.25) is 0 Å². The van der Waals surface area contributed by atoms with Crippen molar-refractivity contribution < 1.29 is 0 Å². The minimum atomic E-state index is 1.20. The molecule has 0 bridgehead atoms.